The first-order valence-electron chi connectivity index (χ1n) is 11.9. The Morgan fingerprint density at radius 2 is 1.77 bits per heavy atom. The van der Waals surface area contributed by atoms with Crippen LogP contribution in [0.3, 0.4) is 0 Å². The van der Waals surface area contributed by atoms with Crippen LogP contribution in [0.1, 0.15) is 69.8 Å². The topological polar surface area (TPSA) is 51.7 Å². The zero-order valence-electron chi connectivity index (χ0n) is 18.4. The van der Waals surface area contributed by atoms with E-state index >= 15 is 0 Å². The second kappa shape index (κ2) is 11.2. The SMILES string of the molecule is O=C(CCC1CCCC1)N1CCCCCCOc2ccccc2Oc2ncccc2C1. The molecular weight excluding hydrogens is 388 g/mol. The number of amides is 1. The first-order valence-corrected chi connectivity index (χ1v) is 11.9. The number of pyridine rings is 1. The Kier molecular flexibility index (Phi) is 7.81. The number of benzene rings is 1. The largest absolute Gasteiger partial charge is 0.490 e. The van der Waals surface area contributed by atoms with Crippen molar-refractivity contribution < 1.29 is 14.3 Å². The molecule has 1 amide bonds. The van der Waals surface area contributed by atoms with Gasteiger partial charge in [-0.15, -0.1) is 0 Å². The number of ether oxygens (including phenoxy) is 2. The van der Waals surface area contributed by atoms with Gasteiger partial charge in [-0.3, -0.25) is 4.79 Å². The molecule has 0 spiro atoms. The molecule has 0 N–H and O–H groups in total. The van der Waals surface area contributed by atoms with E-state index in [1.54, 1.807) is 6.20 Å². The third-order valence-corrected chi connectivity index (χ3v) is 6.44. The smallest absolute Gasteiger partial charge is 0.224 e. The lowest BCUT2D eigenvalue weighted by atomic mass is 10.0. The van der Waals surface area contributed by atoms with E-state index in [1.165, 1.54) is 25.7 Å². The Balaban J connectivity index is 1.52. The Hall–Kier alpha value is -2.56. The predicted octanol–water partition coefficient (Wildman–Crippen LogP) is 6.13. The van der Waals surface area contributed by atoms with E-state index in [2.05, 4.69) is 4.98 Å². The number of carbonyl (C=O) groups is 1. The van der Waals surface area contributed by atoms with Gasteiger partial charge in [0.1, 0.15) is 0 Å². The lowest BCUT2D eigenvalue weighted by Gasteiger charge is -2.25. The number of hydrogen-bond donors (Lipinski definition) is 0. The van der Waals surface area contributed by atoms with E-state index in [-0.39, 0.29) is 5.91 Å². The fourth-order valence-electron chi connectivity index (χ4n) is 4.62. The fourth-order valence-corrected chi connectivity index (χ4v) is 4.62. The van der Waals surface area contributed by atoms with Crippen molar-refractivity contribution in [1.29, 1.82) is 0 Å². The molecule has 1 aromatic carbocycles. The molecule has 1 aromatic heterocycles. The summed E-state index contributed by atoms with van der Waals surface area (Å²) in [5.41, 5.74) is 0.934. The van der Waals surface area contributed by atoms with Crippen LogP contribution < -0.4 is 9.47 Å². The lowest BCUT2D eigenvalue weighted by molar-refractivity contribution is -0.132. The maximum atomic E-state index is 13.1. The molecule has 2 aliphatic rings. The summed E-state index contributed by atoms with van der Waals surface area (Å²) in [6.45, 7) is 1.99. The van der Waals surface area contributed by atoms with Crippen molar-refractivity contribution in [3.05, 3.63) is 48.2 Å². The van der Waals surface area contributed by atoms with Gasteiger partial charge in [0.15, 0.2) is 11.5 Å². The minimum absolute atomic E-state index is 0.262. The van der Waals surface area contributed by atoms with Crippen molar-refractivity contribution in [2.75, 3.05) is 13.2 Å². The molecule has 4 rings (SSSR count). The zero-order chi connectivity index (χ0) is 21.3. The van der Waals surface area contributed by atoms with E-state index in [0.29, 0.717) is 31.2 Å². The lowest BCUT2D eigenvalue weighted by Crippen LogP contribution is -2.32. The highest BCUT2D eigenvalue weighted by Crippen LogP contribution is 2.33. The van der Waals surface area contributed by atoms with Crippen LogP contribution in [0.25, 0.3) is 0 Å². The second-order valence-electron chi connectivity index (χ2n) is 8.78. The summed E-state index contributed by atoms with van der Waals surface area (Å²) in [4.78, 5) is 19.6. The highest BCUT2D eigenvalue weighted by molar-refractivity contribution is 5.76. The molecule has 5 nitrogen and oxygen atoms in total. The maximum absolute atomic E-state index is 13.1. The summed E-state index contributed by atoms with van der Waals surface area (Å²) in [7, 11) is 0. The van der Waals surface area contributed by atoms with Crippen molar-refractivity contribution in [2.45, 2.75) is 70.8 Å². The van der Waals surface area contributed by atoms with E-state index < -0.39 is 0 Å². The third kappa shape index (κ3) is 6.22. The van der Waals surface area contributed by atoms with Crippen molar-refractivity contribution >= 4 is 5.91 Å². The number of hydrogen-bond acceptors (Lipinski definition) is 4. The molecule has 166 valence electrons. The fraction of sp³-hybridized carbons (Fsp3) is 0.538. The van der Waals surface area contributed by atoms with E-state index in [4.69, 9.17) is 9.47 Å². The summed E-state index contributed by atoms with van der Waals surface area (Å²) in [6, 6.07) is 11.7. The van der Waals surface area contributed by atoms with Gasteiger partial charge in [0.05, 0.1) is 13.2 Å². The third-order valence-electron chi connectivity index (χ3n) is 6.44. The zero-order valence-corrected chi connectivity index (χ0v) is 18.4. The first-order chi connectivity index (χ1) is 15.3. The molecule has 2 heterocycles. The van der Waals surface area contributed by atoms with Crippen LogP contribution in [0.5, 0.6) is 17.4 Å². The first kappa shape index (κ1) is 21.7. The van der Waals surface area contributed by atoms with Gasteiger partial charge < -0.3 is 14.4 Å². The van der Waals surface area contributed by atoms with Gasteiger partial charge in [0.2, 0.25) is 11.8 Å². The molecule has 0 saturated heterocycles. The second-order valence-corrected chi connectivity index (χ2v) is 8.78. The van der Waals surface area contributed by atoms with Gasteiger partial charge in [0.25, 0.3) is 0 Å². The van der Waals surface area contributed by atoms with Crippen LogP contribution in [0.2, 0.25) is 0 Å². The normalized spacial score (nSPS) is 18.3. The molecule has 1 fully saturated rings. The number of aromatic nitrogens is 1. The molecule has 1 saturated carbocycles. The molecule has 5 heteroatoms. The van der Waals surface area contributed by atoms with E-state index in [9.17, 15) is 4.79 Å². The summed E-state index contributed by atoms with van der Waals surface area (Å²) >= 11 is 0. The Labute approximate surface area is 185 Å². The molecule has 1 aliphatic heterocycles. The Bertz CT molecular complexity index is 848. The van der Waals surface area contributed by atoms with Crippen molar-refractivity contribution in [3.8, 4) is 17.4 Å². The molecule has 31 heavy (non-hydrogen) atoms. The van der Waals surface area contributed by atoms with Crippen molar-refractivity contribution in [3.63, 3.8) is 0 Å². The van der Waals surface area contributed by atoms with Crippen LogP contribution in [0, 0.1) is 5.92 Å². The van der Waals surface area contributed by atoms with Crippen LogP contribution in [-0.4, -0.2) is 28.9 Å². The van der Waals surface area contributed by atoms with Crippen molar-refractivity contribution in [1.82, 2.24) is 9.88 Å². The number of para-hydroxylation sites is 2. The van der Waals surface area contributed by atoms with Gasteiger partial charge in [-0.1, -0.05) is 56.7 Å². The molecule has 0 bridgehead atoms. The highest BCUT2D eigenvalue weighted by Gasteiger charge is 2.21. The monoisotopic (exact) mass is 422 g/mol. The molecule has 2 aromatic rings. The number of fused-ring (bicyclic) bond motifs is 2. The summed E-state index contributed by atoms with van der Waals surface area (Å²) in [6.07, 6.45) is 12.9. The van der Waals surface area contributed by atoms with E-state index in [0.717, 1.165) is 55.9 Å². The maximum Gasteiger partial charge on any atom is 0.224 e. The number of rotatable bonds is 3. The minimum Gasteiger partial charge on any atom is -0.490 e. The summed E-state index contributed by atoms with van der Waals surface area (Å²) in [5, 5.41) is 0. The highest BCUT2D eigenvalue weighted by atomic mass is 16.5. The summed E-state index contributed by atoms with van der Waals surface area (Å²) < 4.78 is 12.2. The van der Waals surface area contributed by atoms with Gasteiger partial charge >= 0.3 is 0 Å². The summed E-state index contributed by atoms with van der Waals surface area (Å²) in [5.74, 6) is 2.94. The van der Waals surface area contributed by atoms with Gasteiger partial charge in [-0.2, -0.15) is 0 Å². The Morgan fingerprint density at radius 3 is 2.65 bits per heavy atom. The van der Waals surface area contributed by atoms with Crippen LogP contribution >= 0.6 is 0 Å². The average molecular weight is 423 g/mol. The minimum atomic E-state index is 0.262. The molecule has 0 radical (unpaired) electrons. The predicted molar refractivity (Wildman–Crippen MR) is 121 cm³/mol. The van der Waals surface area contributed by atoms with Gasteiger partial charge in [-0.05, 0) is 43.4 Å². The van der Waals surface area contributed by atoms with E-state index in [1.807, 2.05) is 41.3 Å². The van der Waals surface area contributed by atoms with Crippen LogP contribution in [0.4, 0.5) is 0 Å². The number of nitrogens with zero attached hydrogens (tertiary/aromatic N) is 2. The average Bonchev–Trinajstić information content (AvgIpc) is 3.31. The molecule has 1 aliphatic carbocycles. The van der Waals surface area contributed by atoms with Gasteiger partial charge in [0, 0.05) is 24.7 Å². The molecule has 0 atom stereocenters. The Morgan fingerprint density at radius 1 is 0.968 bits per heavy atom. The standard InChI is InChI=1S/C26H34N2O3/c29-25(16-15-21-10-3-4-11-21)28-18-7-1-2-8-19-30-23-13-5-6-14-24(23)31-26-22(20-28)12-9-17-27-26/h5-6,9,12-14,17,21H,1-4,7-8,10-11,15-16,18-20H2. The molecular formula is C26H34N2O3. The number of carbonyl (C=O) groups excluding carboxylic acids is 1. The van der Waals surface area contributed by atoms with Crippen molar-refractivity contribution in [2.24, 2.45) is 5.92 Å². The van der Waals surface area contributed by atoms with Crippen LogP contribution in [-0.2, 0) is 11.3 Å². The van der Waals surface area contributed by atoms with Crippen LogP contribution in [0.15, 0.2) is 42.6 Å². The molecule has 0 unspecified atom stereocenters. The van der Waals surface area contributed by atoms with Gasteiger partial charge in [-0.25, -0.2) is 4.98 Å². The quantitative estimate of drug-likeness (QED) is 0.597.